The summed E-state index contributed by atoms with van der Waals surface area (Å²) in [5.41, 5.74) is 0.648. The number of sulfonamides is 1. The monoisotopic (exact) mass is 378 g/mol. The van der Waals surface area contributed by atoms with E-state index in [0.29, 0.717) is 37.7 Å². The average molecular weight is 378 g/mol. The molecule has 142 valence electrons. The highest BCUT2D eigenvalue weighted by molar-refractivity contribution is 7.92. The molecular weight excluding hydrogens is 352 g/mol. The van der Waals surface area contributed by atoms with Crippen molar-refractivity contribution < 1.29 is 17.9 Å². The SMILES string of the molecule is COCCOc1ccc(S(=O)(=O)N(CCN(C)C)c2ccccc2)cc1. The van der Waals surface area contributed by atoms with Gasteiger partial charge < -0.3 is 14.4 Å². The van der Waals surface area contributed by atoms with Crippen molar-refractivity contribution in [2.45, 2.75) is 4.90 Å². The van der Waals surface area contributed by atoms with E-state index in [2.05, 4.69) is 0 Å². The molecule has 0 unspecified atom stereocenters. The van der Waals surface area contributed by atoms with Gasteiger partial charge >= 0.3 is 0 Å². The summed E-state index contributed by atoms with van der Waals surface area (Å²) in [4.78, 5) is 2.19. The molecule has 0 amide bonds. The lowest BCUT2D eigenvalue weighted by molar-refractivity contribution is 0.146. The molecule has 6 nitrogen and oxygen atoms in total. The Morgan fingerprint density at radius 1 is 0.885 bits per heavy atom. The lowest BCUT2D eigenvalue weighted by atomic mass is 10.3. The van der Waals surface area contributed by atoms with Gasteiger partial charge in [0.2, 0.25) is 0 Å². The Balaban J connectivity index is 2.25. The number of hydrogen-bond acceptors (Lipinski definition) is 5. The van der Waals surface area contributed by atoms with Gasteiger partial charge in [-0.05, 0) is 50.5 Å². The van der Waals surface area contributed by atoms with Crippen LogP contribution in [0.25, 0.3) is 0 Å². The van der Waals surface area contributed by atoms with Gasteiger partial charge in [0.05, 0.1) is 17.2 Å². The summed E-state index contributed by atoms with van der Waals surface area (Å²) >= 11 is 0. The first-order valence-electron chi connectivity index (χ1n) is 8.39. The first-order chi connectivity index (χ1) is 12.4. The number of benzene rings is 2. The standard InChI is InChI=1S/C19H26N2O4S/c1-20(2)13-14-21(17-7-5-4-6-8-17)26(22,23)19-11-9-18(10-12-19)25-16-15-24-3/h4-12H,13-16H2,1-3H3. The fourth-order valence-corrected chi connectivity index (χ4v) is 3.81. The van der Waals surface area contributed by atoms with Crippen molar-refractivity contribution in [3.8, 4) is 5.75 Å². The Labute approximate surface area is 156 Å². The molecule has 0 aliphatic carbocycles. The molecule has 2 aromatic carbocycles. The van der Waals surface area contributed by atoms with Crippen molar-refractivity contribution in [2.75, 3.05) is 51.8 Å². The van der Waals surface area contributed by atoms with Crippen LogP contribution in [0.15, 0.2) is 59.5 Å². The molecule has 0 saturated carbocycles. The molecule has 7 heteroatoms. The minimum Gasteiger partial charge on any atom is -0.491 e. The minimum absolute atomic E-state index is 0.235. The molecule has 2 aromatic rings. The normalized spacial score (nSPS) is 11.5. The van der Waals surface area contributed by atoms with E-state index in [1.54, 1.807) is 43.5 Å². The van der Waals surface area contributed by atoms with Crippen LogP contribution in [0.2, 0.25) is 0 Å². The summed E-state index contributed by atoms with van der Waals surface area (Å²) in [6.07, 6.45) is 0. The summed E-state index contributed by atoms with van der Waals surface area (Å²) in [6.45, 7) is 1.88. The number of rotatable bonds is 10. The maximum atomic E-state index is 13.2. The van der Waals surface area contributed by atoms with Crippen LogP contribution in [-0.2, 0) is 14.8 Å². The van der Waals surface area contributed by atoms with Crippen LogP contribution >= 0.6 is 0 Å². The zero-order chi connectivity index (χ0) is 19.0. The summed E-state index contributed by atoms with van der Waals surface area (Å²) in [5, 5.41) is 0. The molecule has 0 saturated heterocycles. The van der Waals surface area contributed by atoms with E-state index in [0.717, 1.165) is 0 Å². The van der Waals surface area contributed by atoms with Gasteiger partial charge in [-0.1, -0.05) is 18.2 Å². The smallest absolute Gasteiger partial charge is 0.264 e. The molecule has 0 aliphatic rings. The van der Waals surface area contributed by atoms with Crippen molar-refractivity contribution in [3.05, 3.63) is 54.6 Å². The number of methoxy groups -OCH3 is 1. The molecule has 0 spiro atoms. The van der Waals surface area contributed by atoms with Gasteiger partial charge in [-0.25, -0.2) is 8.42 Å². The molecule has 0 radical (unpaired) electrons. The van der Waals surface area contributed by atoms with Gasteiger partial charge in [0.25, 0.3) is 10.0 Å². The Morgan fingerprint density at radius 3 is 2.12 bits per heavy atom. The third-order valence-corrected chi connectivity index (χ3v) is 5.60. The summed E-state index contributed by atoms with van der Waals surface area (Å²) in [5.74, 6) is 0.612. The quantitative estimate of drug-likeness (QED) is 0.595. The lowest BCUT2D eigenvalue weighted by Gasteiger charge is -2.26. The summed E-state index contributed by atoms with van der Waals surface area (Å²) in [7, 11) is 1.77. The maximum absolute atomic E-state index is 13.2. The average Bonchev–Trinajstić information content (AvgIpc) is 2.63. The predicted octanol–water partition coefficient (Wildman–Crippen LogP) is 2.47. The second kappa shape index (κ2) is 9.56. The van der Waals surface area contributed by atoms with E-state index < -0.39 is 10.0 Å². The summed E-state index contributed by atoms with van der Waals surface area (Å²) < 4.78 is 38.2. The van der Waals surface area contributed by atoms with Crippen molar-refractivity contribution >= 4 is 15.7 Å². The highest BCUT2D eigenvalue weighted by Crippen LogP contribution is 2.25. The summed E-state index contributed by atoms with van der Waals surface area (Å²) in [6, 6.07) is 15.6. The van der Waals surface area contributed by atoms with Crippen LogP contribution in [-0.4, -0.2) is 60.8 Å². The Kier molecular flexibility index (Phi) is 7.44. The molecule has 0 atom stereocenters. The van der Waals surface area contributed by atoms with Crippen LogP contribution in [0.3, 0.4) is 0 Å². The predicted molar refractivity (Wildman–Crippen MR) is 103 cm³/mol. The Bertz CT molecular complexity index is 762. The molecule has 26 heavy (non-hydrogen) atoms. The molecule has 0 aliphatic heterocycles. The zero-order valence-corrected chi connectivity index (χ0v) is 16.3. The number of para-hydroxylation sites is 1. The van der Waals surface area contributed by atoms with E-state index in [4.69, 9.17) is 9.47 Å². The maximum Gasteiger partial charge on any atom is 0.264 e. The van der Waals surface area contributed by atoms with E-state index in [1.807, 2.05) is 37.2 Å². The second-order valence-corrected chi connectivity index (χ2v) is 7.89. The van der Waals surface area contributed by atoms with Gasteiger partial charge in [-0.3, -0.25) is 4.31 Å². The molecule has 0 fully saturated rings. The number of anilines is 1. The van der Waals surface area contributed by atoms with Gasteiger partial charge in [0, 0.05) is 20.2 Å². The minimum atomic E-state index is -3.67. The number of hydrogen-bond donors (Lipinski definition) is 0. The molecule has 0 N–H and O–H groups in total. The van der Waals surface area contributed by atoms with Crippen molar-refractivity contribution in [1.82, 2.24) is 4.90 Å². The highest BCUT2D eigenvalue weighted by Gasteiger charge is 2.24. The molecule has 0 aromatic heterocycles. The van der Waals surface area contributed by atoms with E-state index in [1.165, 1.54) is 4.31 Å². The topological polar surface area (TPSA) is 59.1 Å². The van der Waals surface area contributed by atoms with Crippen molar-refractivity contribution in [2.24, 2.45) is 0 Å². The molecule has 0 bridgehead atoms. The molecule has 2 rings (SSSR count). The van der Waals surface area contributed by atoms with Gasteiger partial charge in [-0.15, -0.1) is 0 Å². The third kappa shape index (κ3) is 5.45. The van der Waals surface area contributed by atoms with Crippen LogP contribution in [0.4, 0.5) is 5.69 Å². The largest absolute Gasteiger partial charge is 0.491 e. The lowest BCUT2D eigenvalue weighted by Crippen LogP contribution is -2.36. The van der Waals surface area contributed by atoms with E-state index >= 15 is 0 Å². The first kappa shape index (κ1) is 20.2. The highest BCUT2D eigenvalue weighted by atomic mass is 32.2. The van der Waals surface area contributed by atoms with Crippen molar-refractivity contribution in [1.29, 1.82) is 0 Å². The van der Waals surface area contributed by atoms with Crippen LogP contribution in [0, 0.1) is 0 Å². The van der Waals surface area contributed by atoms with Gasteiger partial charge in [0.1, 0.15) is 12.4 Å². The van der Waals surface area contributed by atoms with Gasteiger partial charge in [-0.2, -0.15) is 0 Å². The zero-order valence-electron chi connectivity index (χ0n) is 15.5. The second-order valence-electron chi connectivity index (χ2n) is 6.03. The fraction of sp³-hybridized carbons (Fsp3) is 0.368. The van der Waals surface area contributed by atoms with Crippen LogP contribution in [0.1, 0.15) is 0 Å². The van der Waals surface area contributed by atoms with Gasteiger partial charge in [0.15, 0.2) is 0 Å². The first-order valence-corrected chi connectivity index (χ1v) is 9.83. The van der Waals surface area contributed by atoms with Crippen LogP contribution in [0.5, 0.6) is 5.75 Å². The number of ether oxygens (including phenoxy) is 2. The van der Waals surface area contributed by atoms with E-state index in [-0.39, 0.29) is 4.90 Å². The number of nitrogens with zero attached hydrogens (tertiary/aromatic N) is 2. The Hall–Kier alpha value is -2.09. The Morgan fingerprint density at radius 2 is 1.54 bits per heavy atom. The van der Waals surface area contributed by atoms with Crippen molar-refractivity contribution in [3.63, 3.8) is 0 Å². The number of likely N-dealkylation sites (N-methyl/N-ethyl adjacent to an activating group) is 1. The molecular formula is C19H26N2O4S. The third-order valence-electron chi connectivity index (χ3n) is 3.76. The fourth-order valence-electron chi connectivity index (χ4n) is 2.35. The molecule has 0 heterocycles. The van der Waals surface area contributed by atoms with E-state index in [9.17, 15) is 8.42 Å². The van der Waals surface area contributed by atoms with Crippen LogP contribution < -0.4 is 9.04 Å².